The minimum absolute atomic E-state index is 0.251. The second kappa shape index (κ2) is 5.42. The van der Waals surface area contributed by atoms with E-state index in [2.05, 4.69) is 48.6 Å². The van der Waals surface area contributed by atoms with Gasteiger partial charge in [0.15, 0.2) is 5.65 Å². The van der Waals surface area contributed by atoms with Crippen LogP contribution in [0.2, 0.25) is 0 Å². The van der Waals surface area contributed by atoms with Gasteiger partial charge >= 0.3 is 0 Å². The first-order chi connectivity index (χ1) is 9.95. The smallest absolute Gasteiger partial charge is 0.176 e. The summed E-state index contributed by atoms with van der Waals surface area (Å²) in [6.45, 7) is 8.85. The van der Waals surface area contributed by atoms with Gasteiger partial charge in [0.2, 0.25) is 0 Å². The molecular weight excluding hydrogens is 264 g/mol. The number of imidazole rings is 1. The number of hydrogen-bond donors (Lipinski definition) is 3. The molecule has 1 aliphatic rings. The van der Waals surface area contributed by atoms with Gasteiger partial charge < -0.3 is 4.98 Å². The molecule has 0 spiro atoms. The first kappa shape index (κ1) is 14.5. The van der Waals surface area contributed by atoms with Crippen molar-refractivity contribution in [2.45, 2.75) is 58.5 Å². The van der Waals surface area contributed by atoms with Crippen LogP contribution in [0.4, 0.5) is 0 Å². The summed E-state index contributed by atoms with van der Waals surface area (Å²) in [6, 6.07) is 0.770. The molecule has 6 nitrogen and oxygen atoms in total. The van der Waals surface area contributed by atoms with Gasteiger partial charge in [-0.2, -0.15) is 5.10 Å². The third kappa shape index (κ3) is 2.70. The maximum absolute atomic E-state index is 4.75. The van der Waals surface area contributed by atoms with Crippen LogP contribution in [0.15, 0.2) is 0 Å². The van der Waals surface area contributed by atoms with Gasteiger partial charge in [0.05, 0.1) is 11.7 Å². The zero-order valence-corrected chi connectivity index (χ0v) is 13.6. The van der Waals surface area contributed by atoms with Gasteiger partial charge in [-0.1, -0.05) is 27.7 Å². The lowest BCUT2D eigenvalue weighted by Crippen LogP contribution is -2.31. The Hall–Kier alpha value is -1.40. The van der Waals surface area contributed by atoms with Gasteiger partial charge in [-0.05, 0) is 24.7 Å². The Morgan fingerprint density at radius 3 is 2.67 bits per heavy atom. The van der Waals surface area contributed by atoms with Crippen LogP contribution in [-0.4, -0.2) is 25.8 Å². The number of H-pyrrole nitrogens is 1. The van der Waals surface area contributed by atoms with E-state index in [0.29, 0.717) is 17.9 Å². The molecular formula is C15H26N6. The molecule has 0 bridgehead atoms. The fourth-order valence-corrected chi connectivity index (χ4v) is 3.15. The molecule has 1 aliphatic heterocycles. The van der Waals surface area contributed by atoms with E-state index in [9.17, 15) is 0 Å². The zero-order chi connectivity index (χ0) is 15.1. The van der Waals surface area contributed by atoms with E-state index in [0.717, 1.165) is 29.1 Å². The minimum Gasteiger partial charge on any atom is -0.338 e. The van der Waals surface area contributed by atoms with Crippen molar-refractivity contribution in [3.63, 3.8) is 0 Å². The Bertz CT molecular complexity index is 623. The molecule has 2 unspecified atom stereocenters. The Labute approximate surface area is 125 Å². The lowest BCUT2D eigenvalue weighted by Gasteiger charge is -2.11. The third-order valence-electron chi connectivity index (χ3n) is 4.14. The standard InChI is InChI=1S/C15H26N6/c1-8(2)6-10-7-11(19-18-10)14-16-13-12(9(3)4)20-21(5)15(13)17-14/h8-11,18-19H,6-7H2,1-5H3,(H,16,17). The van der Waals surface area contributed by atoms with Gasteiger partial charge in [0, 0.05) is 13.1 Å². The molecule has 116 valence electrons. The number of aromatic amines is 1. The van der Waals surface area contributed by atoms with Gasteiger partial charge in [-0.3, -0.25) is 5.43 Å². The Morgan fingerprint density at radius 1 is 1.24 bits per heavy atom. The minimum atomic E-state index is 0.251. The lowest BCUT2D eigenvalue weighted by atomic mass is 10.00. The topological polar surface area (TPSA) is 70.6 Å². The van der Waals surface area contributed by atoms with Crippen LogP contribution in [0.5, 0.6) is 0 Å². The monoisotopic (exact) mass is 290 g/mol. The summed E-state index contributed by atoms with van der Waals surface area (Å²) in [5.74, 6) is 2.11. The highest BCUT2D eigenvalue weighted by Gasteiger charge is 2.28. The first-order valence-corrected chi connectivity index (χ1v) is 7.89. The summed E-state index contributed by atoms with van der Waals surface area (Å²) in [4.78, 5) is 8.24. The molecule has 0 amide bonds. The average Bonchev–Trinajstić information content (AvgIpc) is 3.05. The Balaban J connectivity index is 1.84. The molecule has 21 heavy (non-hydrogen) atoms. The van der Waals surface area contributed by atoms with Crippen LogP contribution >= 0.6 is 0 Å². The van der Waals surface area contributed by atoms with Crippen molar-refractivity contribution < 1.29 is 0 Å². The Kier molecular flexibility index (Phi) is 3.75. The maximum Gasteiger partial charge on any atom is 0.176 e. The SMILES string of the molecule is CC(C)CC1CC(c2nc3c([nH]2)c(C(C)C)nn3C)NN1. The fraction of sp³-hybridized carbons (Fsp3) is 0.733. The summed E-state index contributed by atoms with van der Waals surface area (Å²) in [7, 11) is 1.96. The fourth-order valence-electron chi connectivity index (χ4n) is 3.15. The van der Waals surface area contributed by atoms with Crippen molar-refractivity contribution in [2.75, 3.05) is 0 Å². The highest BCUT2D eigenvalue weighted by atomic mass is 15.4. The highest BCUT2D eigenvalue weighted by Crippen LogP contribution is 2.28. The predicted molar refractivity (Wildman–Crippen MR) is 83.8 cm³/mol. The molecule has 2 atom stereocenters. The van der Waals surface area contributed by atoms with Crippen molar-refractivity contribution in [1.29, 1.82) is 0 Å². The molecule has 0 radical (unpaired) electrons. The number of aromatic nitrogens is 4. The molecule has 2 aromatic heterocycles. The molecule has 0 saturated carbocycles. The number of fused-ring (bicyclic) bond motifs is 1. The largest absolute Gasteiger partial charge is 0.338 e. The van der Waals surface area contributed by atoms with Crippen LogP contribution < -0.4 is 10.9 Å². The van der Waals surface area contributed by atoms with E-state index < -0.39 is 0 Å². The van der Waals surface area contributed by atoms with Crippen LogP contribution in [0.3, 0.4) is 0 Å². The number of hydrogen-bond acceptors (Lipinski definition) is 4. The van der Waals surface area contributed by atoms with E-state index in [-0.39, 0.29) is 6.04 Å². The summed E-state index contributed by atoms with van der Waals surface area (Å²) in [5.41, 5.74) is 9.89. The molecule has 3 N–H and O–H groups in total. The zero-order valence-electron chi connectivity index (χ0n) is 13.6. The molecule has 3 rings (SSSR count). The highest BCUT2D eigenvalue weighted by molar-refractivity contribution is 5.75. The number of rotatable bonds is 4. The molecule has 0 aliphatic carbocycles. The van der Waals surface area contributed by atoms with Crippen LogP contribution in [-0.2, 0) is 7.05 Å². The molecule has 1 saturated heterocycles. The molecule has 3 heterocycles. The van der Waals surface area contributed by atoms with Crippen LogP contribution in [0.25, 0.3) is 11.2 Å². The predicted octanol–water partition coefficient (Wildman–Crippen LogP) is 2.37. The van der Waals surface area contributed by atoms with E-state index in [1.807, 2.05) is 11.7 Å². The van der Waals surface area contributed by atoms with Crippen molar-refractivity contribution in [1.82, 2.24) is 30.6 Å². The van der Waals surface area contributed by atoms with Crippen LogP contribution in [0.1, 0.15) is 64.0 Å². The maximum atomic E-state index is 4.75. The third-order valence-corrected chi connectivity index (χ3v) is 4.14. The second-order valence-corrected chi connectivity index (χ2v) is 6.89. The summed E-state index contributed by atoms with van der Waals surface area (Å²) >= 11 is 0. The summed E-state index contributed by atoms with van der Waals surface area (Å²) in [5, 5.41) is 4.56. The molecule has 6 heteroatoms. The lowest BCUT2D eigenvalue weighted by molar-refractivity contribution is 0.446. The van der Waals surface area contributed by atoms with E-state index in [4.69, 9.17) is 4.98 Å². The van der Waals surface area contributed by atoms with Crippen molar-refractivity contribution in [3.05, 3.63) is 11.5 Å². The average molecular weight is 290 g/mol. The number of nitrogens with one attached hydrogen (secondary N) is 3. The first-order valence-electron chi connectivity index (χ1n) is 7.89. The van der Waals surface area contributed by atoms with Crippen molar-refractivity contribution >= 4 is 11.2 Å². The Morgan fingerprint density at radius 2 is 2.00 bits per heavy atom. The summed E-state index contributed by atoms with van der Waals surface area (Å²) < 4.78 is 1.87. The van der Waals surface area contributed by atoms with E-state index in [1.165, 1.54) is 6.42 Å². The summed E-state index contributed by atoms with van der Waals surface area (Å²) in [6.07, 6.45) is 2.25. The normalized spacial score (nSPS) is 23.0. The van der Waals surface area contributed by atoms with Gasteiger partial charge in [0.25, 0.3) is 0 Å². The van der Waals surface area contributed by atoms with Crippen molar-refractivity contribution in [2.24, 2.45) is 13.0 Å². The van der Waals surface area contributed by atoms with Gasteiger partial charge in [0.1, 0.15) is 11.3 Å². The molecule has 2 aromatic rings. The second-order valence-electron chi connectivity index (χ2n) is 6.89. The number of aryl methyl sites for hydroxylation is 1. The number of nitrogens with zero attached hydrogens (tertiary/aromatic N) is 3. The molecule has 0 aromatic carbocycles. The number of hydrazine groups is 1. The van der Waals surface area contributed by atoms with Crippen molar-refractivity contribution in [3.8, 4) is 0 Å². The van der Waals surface area contributed by atoms with E-state index >= 15 is 0 Å². The van der Waals surface area contributed by atoms with E-state index in [1.54, 1.807) is 0 Å². The van der Waals surface area contributed by atoms with Crippen LogP contribution in [0, 0.1) is 5.92 Å². The van der Waals surface area contributed by atoms with Gasteiger partial charge in [-0.25, -0.2) is 15.1 Å². The van der Waals surface area contributed by atoms with Gasteiger partial charge in [-0.15, -0.1) is 0 Å². The molecule has 1 fully saturated rings. The quantitative estimate of drug-likeness (QED) is 0.808.